The number of fused-ring (bicyclic) bond motifs is 1. The molecule has 3 heterocycles. The number of carbonyl (C=O) groups is 1. The van der Waals surface area contributed by atoms with Gasteiger partial charge in [-0.3, -0.25) is 9.36 Å². The Hall–Kier alpha value is -2.66. The van der Waals surface area contributed by atoms with E-state index in [1.165, 1.54) is 24.0 Å². The van der Waals surface area contributed by atoms with Gasteiger partial charge in [-0.2, -0.15) is 5.26 Å². The average molecular weight is 356 g/mol. The highest BCUT2D eigenvalue weighted by molar-refractivity contribution is 7.99. The van der Waals surface area contributed by atoms with Gasteiger partial charge in [-0.05, 0) is 25.0 Å². The summed E-state index contributed by atoms with van der Waals surface area (Å²) in [6, 6.07) is 5.08. The molecule has 0 spiro atoms. The van der Waals surface area contributed by atoms with Crippen LogP contribution >= 0.6 is 11.8 Å². The highest BCUT2D eigenvalue weighted by Crippen LogP contribution is 2.28. The minimum atomic E-state index is -0.516. The Morgan fingerprint density at radius 3 is 2.96 bits per heavy atom. The van der Waals surface area contributed by atoms with Crippen molar-refractivity contribution < 1.29 is 9.53 Å². The minimum Gasteiger partial charge on any atom is -0.461 e. The number of nitrogens with zero attached hydrogens (tertiary/aromatic N) is 4. The topological polar surface area (TPSA) is 97.9 Å². The first-order chi connectivity index (χ1) is 12.0. The van der Waals surface area contributed by atoms with Gasteiger partial charge in [-0.25, -0.2) is 14.8 Å². The third-order valence-corrected chi connectivity index (χ3v) is 5.06. The van der Waals surface area contributed by atoms with Crippen LogP contribution in [0.2, 0.25) is 0 Å². The highest BCUT2D eigenvalue weighted by atomic mass is 32.2. The molecule has 0 radical (unpaired) electrons. The normalized spacial score (nSPS) is 16.0. The van der Waals surface area contributed by atoms with E-state index >= 15 is 0 Å². The molecule has 128 valence electrons. The summed E-state index contributed by atoms with van der Waals surface area (Å²) >= 11 is 1.50. The summed E-state index contributed by atoms with van der Waals surface area (Å²) in [5.74, 6) is 0.704. The first-order valence-electron chi connectivity index (χ1n) is 7.86. The largest absolute Gasteiger partial charge is 0.461 e. The molecule has 0 bridgehead atoms. The van der Waals surface area contributed by atoms with Gasteiger partial charge in [0.15, 0.2) is 5.16 Å². The maximum absolute atomic E-state index is 12.6. The molecule has 1 unspecified atom stereocenters. The van der Waals surface area contributed by atoms with Gasteiger partial charge in [-0.1, -0.05) is 18.7 Å². The lowest BCUT2D eigenvalue weighted by Gasteiger charge is -2.22. The van der Waals surface area contributed by atoms with Crippen molar-refractivity contribution in [2.45, 2.75) is 25.5 Å². The number of rotatable bonds is 3. The summed E-state index contributed by atoms with van der Waals surface area (Å²) < 4.78 is 6.45. The number of esters is 1. The van der Waals surface area contributed by atoms with Gasteiger partial charge in [0.2, 0.25) is 0 Å². The van der Waals surface area contributed by atoms with Crippen molar-refractivity contribution in [3.05, 3.63) is 39.9 Å². The van der Waals surface area contributed by atoms with Gasteiger partial charge in [0.1, 0.15) is 17.3 Å². The molecule has 2 aromatic rings. The molecule has 0 aromatic carbocycles. The lowest BCUT2D eigenvalue weighted by molar-refractivity contribution is 0.0519. The molecule has 0 amide bonds. The molecule has 1 atom stereocenters. The van der Waals surface area contributed by atoms with Crippen LogP contribution in [0.1, 0.15) is 29.9 Å². The van der Waals surface area contributed by atoms with Crippen LogP contribution in [-0.4, -0.2) is 32.9 Å². The summed E-state index contributed by atoms with van der Waals surface area (Å²) in [6.45, 7) is 4.59. The first-order valence-corrected chi connectivity index (χ1v) is 8.85. The lowest BCUT2D eigenvalue weighted by atomic mass is 10.1. The fourth-order valence-corrected chi connectivity index (χ4v) is 3.56. The predicted octanol–water partition coefficient (Wildman–Crippen LogP) is 2.10. The summed E-state index contributed by atoms with van der Waals surface area (Å²) in [7, 11) is 0. The number of thioether (sulfide) groups is 1. The van der Waals surface area contributed by atoms with E-state index in [-0.39, 0.29) is 23.4 Å². The molecule has 3 rings (SSSR count). The second-order valence-electron chi connectivity index (χ2n) is 5.71. The third kappa shape index (κ3) is 3.28. The fourth-order valence-electron chi connectivity index (χ4n) is 2.56. The lowest BCUT2D eigenvalue weighted by Crippen LogP contribution is -2.32. The molecular formula is C17H16N4O3S. The molecule has 0 saturated carbocycles. The average Bonchev–Trinajstić information content (AvgIpc) is 2.62. The molecule has 1 aliphatic rings. The van der Waals surface area contributed by atoms with E-state index in [1.807, 2.05) is 6.07 Å². The zero-order valence-electron chi connectivity index (χ0n) is 13.9. The van der Waals surface area contributed by atoms with Crippen molar-refractivity contribution in [1.82, 2.24) is 14.5 Å². The molecule has 25 heavy (non-hydrogen) atoms. The SMILES string of the molecule is CCOC(=O)c1ccc(-c2nc3n(c(=O)c2C#N)CC(C)CS3)cn1. The van der Waals surface area contributed by atoms with E-state index in [1.54, 1.807) is 17.6 Å². The van der Waals surface area contributed by atoms with Crippen LogP contribution in [0.4, 0.5) is 0 Å². The van der Waals surface area contributed by atoms with Gasteiger partial charge in [-0.15, -0.1) is 0 Å². The zero-order chi connectivity index (χ0) is 18.0. The number of pyridine rings is 1. The van der Waals surface area contributed by atoms with E-state index in [2.05, 4.69) is 16.9 Å². The Bertz CT molecular complexity index is 915. The van der Waals surface area contributed by atoms with Gasteiger partial charge in [0.25, 0.3) is 5.56 Å². The highest BCUT2D eigenvalue weighted by Gasteiger charge is 2.23. The summed E-state index contributed by atoms with van der Waals surface area (Å²) in [5.41, 5.74) is 0.634. The third-order valence-electron chi connectivity index (χ3n) is 3.76. The van der Waals surface area contributed by atoms with Crippen molar-refractivity contribution >= 4 is 17.7 Å². The van der Waals surface area contributed by atoms with Crippen LogP contribution in [0, 0.1) is 17.2 Å². The molecule has 0 aliphatic carbocycles. The maximum Gasteiger partial charge on any atom is 0.356 e. The predicted molar refractivity (Wildman–Crippen MR) is 92.3 cm³/mol. The summed E-state index contributed by atoms with van der Waals surface area (Å²) in [5, 5.41) is 10.0. The Morgan fingerprint density at radius 2 is 2.32 bits per heavy atom. The number of hydrogen-bond acceptors (Lipinski definition) is 7. The van der Waals surface area contributed by atoms with Crippen molar-refractivity contribution in [2.24, 2.45) is 5.92 Å². The Morgan fingerprint density at radius 1 is 1.52 bits per heavy atom. The number of nitriles is 1. The quantitative estimate of drug-likeness (QED) is 0.613. The van der Waals surface area contributed by atoms with E-state index in [0.717, 1.165) is 5.75 Å². The van der Waals surface area contributed by atoms with E-state index < -0.39 is 5.97 Å². The van der Waals surface area contributed by atoms with Gasteiger partial charge >= 0.3 is 5.97 Å². The summed E-state index contributed by atoms with van der Waals surface area (Å²) in [4.78, 5) is 32.9. The van der Waals surface area contributed by atoms with Crippen LogP contribution in [0.25, 0.3) is 11.3 Å². The Balaban J connectivity index is 2.06. The van der Waals surface area contributed by atoms with Gasteiger partial charge in [0.05, 0.1) is 12.3 Å². The molecular weight excluding hydrogens is 340 g/mol. The minimum absolute atomic E-state index is 0.0101. The van der Waals surface area contributed by atoms with Gasteiger partial charge in [0, 0.05) is 24.1 Å². The number of ether oxygens (including phenoxy) is 1. The van der Waals surface area contributed by atoms with Crippen LogP contribution in [0.15, 0.2) is 28.3 Å². The molecule has 7 nitrogen and oxygen atoms in total. The van der Waals surface area contributed by atoms with Crippen molar-refractivity contribution in [3.8, 4) is 17.3 Å². The second kappa shape index (κ2) is 7.07. The molecule has 2 aromatic heterocycles. The fraction of sp³-hybridized carbons (Fsp3) is 0.353. The molecule has 0 fully saturated rings. The van der Waals surface area contributed by atoms with Crippen LogP contribution in [0.3, 0.4) is 0 Å². The zero-order valence-corrected chi connectivity index (χ0v) is 14.7. The molecule has 1 aliphatic heterocycles. The second-order valence-corrected chi connectivity index (χ2v) is 6.70. The standard InChI is InChI=1S/C17H16N4O3S/c1-3-24-16(23)13-5-4-11(7-19-13)14-12(6-18)15(22)21-8-10(2)9-25-17(21)20-14/h4-5,7,10H,3,8-9H2,1-2H3. The number of carbonyl (C=O) groups excluding carboxylic acids is 1. The van der Waals surface area contributed by atoms with Crippen LogP contribution < -0.4 is 5.56 Å². The summed E-state index contributed by atoms with van der Waals surface area (Å²) in [6.07, 6.45) is 1.43. The van der Waals surface area contributed by atoms with Crippen molar-refractivity contribution in [3.63, 3.8) is 0 Å². The monoisotopic (exact) mass is 356 g/mol. The van der Waals surface area contributed by atoms with Crippen molar-refractivity contribution in [1.29, 1.82) is 5.26 Å². The van der Waals surface area contributed by atoms with E-state index in [9.17, 15) is 14.9 Å². The van der Waals surface area contributed by atoms with Gasteiger partial charge < -0.3 is 4.74 Å². The van der Waals surface area contributed by atoms with Crippen LogP contribution in [0.5, 0.6) is 0 Å². The molecule has 8 heteroatoms. The van der Waals surface area contributed by atoms with E-state index in [0.29, 0.717) is 28.9 Å². The first kappa shape index (κ1) is 17.2. The Kier molecular flexibility index (Phi) is 4.86. The van der Waals surface area contributed by atoms with E-state index in [4.69, 9.17) is 4.74 Å². The number of aromatic nitrogens is 3. The smallest absolute Gasteiger partial charge is 0.356 e. The number of hydrogen-bond donors (Lipinski definition) is 0. The van der Waals surface area contributed by atoms with Crippen LogP contribution in [-0.2, 0) is 11.3 Å². The van der Waals surface area contributed by atoms with Crippen molar-refractivity contribution in [2.75, 3.05) is 12.4 Å². The molecule has 0 N–H and O–H groups in total. The molecule has 0 saturated heterocycles. The maximum atomic E-state index is 12.6. The Labute approximate surface area is 148 Å².